The van der Waals surface area contributed by atoms with Crippen molar-refractivity contribution in [2.24, 2.45) is 28.9 Å². The molecule has 3 fully saturated rings. The Bertz CT molecular complexity index is 925. The molecule has 2 aliphatic carbocycles. The van der Waals surface area contributed by atoms with Crippen molar-refractivity contribution in [3.8, 4) is 0 Å². The van der Waals surface area contributed by atoms with Crippen LogP contribution in [0.3, 0.4) is 0 Å². The smallest absolute Gasteiger partial charge is 0.249 e. The number of nitrogens with zero attached hydrogens (tertiary/aromatic N) is 1. The van der Waals surface area contributed by atoms with Crippen LogP contribution in [-0.4, -0.2) is 69.6 Å². The fourth-order valence-corrected chi connectivity index (χ4v) is 6.54. The van der Waals surface area contributed by atoms with Crippen molar-refractivity contribution in [2.45, 2.75) is 110 Å². The minimum absolute atomic E-state index is 0.0136. The molecule has 0 radical (unpaired) electrons. The zero-order chi connectivity index (χ0) is 28.0. The average molecular weight is 522 g/mol. The number of rotatable bonds is 11. The highest BCUT2D eigenvalue weighted by atomic mass is 16.3. The predicted molar refractivity (Wildman–Crippen MR) is 140 cm³/mol. The van der Waals surface area contributed by atoms with E-state index in [9.17, 15) is 24.3 Å². The summed E-state index contributed by atoms with van der Waals surface area (Å²) in [5.41, 5.74) is 1.86. The van der Waals surface area contributed by atoms with Crippen LogP contribution in [0.5, 0.6) is 0 Å². The Labute approximate surface area is 220 Å². The molecule has 3 aliphatic rings. The summed E-state index contributed by atoms with van der Waals surface area (Å²) in [6.07, 6.45) is 3.17. The number of hydrogen-bond donors (Lipinski definition) is 5. The van der Waals surface area contributed by atoms with Crippen molar-refractivity contribution in [3.63, 3.8) is 0 Å². The van der Waals surface area contributed by atoms with Crippen LogP contribution >= 0.6 is 0 Å². The lowest BCUT2D eigenvalue weighted by Crippen LogP contribution is -2.64. The van der Waals surface area contributed by atoms with Crippen LogP contribution in [0.2, 0.25) is 0 Å². The summed E-state index contributed by atoms with van der Waals surface area (Å²) in [7, 11) is 0. The maximum absolute atomic E-state index is 14.0. The normalized spacial score (nSPS) is 27.1. The number of nitrogens with two attached hydrogens (primary N) is 1. The molecule has 1 unspecified atom stereocenters. The first-order valence-electron chi connectivity index (χ1n) is 13.7. The van der Waals surface area contributed by atoms with Gasteiger partial charge in [0.25, 0.3) is 0 Å². The monoisotopic (exact) mass is 521 g/mol. The highest BCUT2D eigenvalue weighted by Gasteiger charge is 2.82. The molecule has 0 aromatic rings. The summed E-state index contributed by atoms with van der Waals surface area (Å²) in [6.45, 7) is 13.9. The Hall–Kier alpha value is -2.20. The molecule has 37 heavy (non-hydrogen) atoms. The lowest BCUT2D eigenvalue weighted by molar-refractivity contribution is -0.154. The van der Waals surface area contributed by atoms with Crippen LogP contribution in [0.4, 0.5) is 0 Å². The predicted octanol–water partition coefficient (Wildman–Crippen LogP) is 1.01. The molecule has 1 aliphatic heterocycles. The van der Waals surface area contributed by atoms with Gasteiger partial charge in [0.2, 0.25) is 23.6 Å². The number of nitrogens with one attached hydrogen (secondary N) is 3. The number of carbonyl (C=O) groups is 4. The molecule has 0 aromatic carbocycles. The maximum atomic E-state index is 14.0. The van der Waals surface area contributed by atoms with Crippen LogP contribution in [0.15, 0.2) is 0 Å². The summed E-state index contributed by atoms with van der Waals surface area (Å²) >= 11 is 0. The van der Waals surface area contributed by atoms with Gasteiger partial charge < -0.3 is 26.4 Å². The van der Waals surface area contributed by atoms with Gasteiger partial charge in [-0.3, -0.25) is 24.5 Å². The van der Waals surface area contributed by atoms with Gasteiger partial charge in [-0.25, -0.2) is 0 Å². The first-order chi connectivity index (χ1) is 17.0. The zero-order valence-electron chi connectivity index (χ0n) is 23.6. The number of carbonyl (C=O) groups excluding carboxylic acids is 4. The zero-order valence-corrected chi connectivity index (χ0v) is 23.6. The van der Waals surface area contributed by atoms with E-state index in [1.165, 1.54) is 0 Å². The number of likely N-dealkylation sites (tertiary alicyclic amines) is 1. The van der Waals surface area contributed by atoms with Crippen LogP contribution in [-0.2, 0) is 19.2 Å². The molecular weight excluding hydrogens is 474 g/mol. The second-order valence-corrected chi connectivity index (χ2v) is 13.2. The van der Waals surface area contributed by atoms with E-state index in [0.717, 1.165) is 19.3 Å². The number of primary amides is 1. The van der Waals surface area contributed by atoms with E-state index in [2.05, 4.69) is 16.0 Å². The van der Waals surface area contributed by atoms with Crippen LogP contribution in [0, 0.1) is 23.2 Å². The molecule has 10 nitrogen and oxygen atoms in total. The second-order valence-electron chi connectivity index (χ2n) is 13.2. The molecule has 210 valence electrons. The van der Waals surface area contributed by atoms with Crippen molar-refractivity contribution in [1.82, 2.24) is 20.9 Å². The Morgan fingerprint density at radius 3 is 2.16 bits per heavy atom. The molecule has 0 aromatic heterocycles. The van der Waals surface area contributed by atoms with E-state index >= 15 is 0 Å². The van der Waals surface area contributed by atoms with Gasteiger partial charge in [-0.15, -0.1) is 0 Å². The fourth-order valence-electron chi connectivity index (χ4n) is 6.54. The van der Waals surface area contributed by atoms with Gasteiger partial charge in [-0.1, -0.05) is 34.1 Å². The third-order valence-electron chi connectivity index (χ3n) is 8.75. The van der Waals surface area contributed by atoms with Gasteiger partial charge in [0.15, 0.2) is 0 Å². The van der Waals surface area contributed by atoms with Gasteiger partial charge in [-0.2, -0.15) is 0 Å². The SMILES string of the molecule is CC(C)[C@H](NCC(=O)NC(C)(C)C)C(=O)N1CC[C@H]2C(C)(C)[C@@]21C(=O)NC(O)(CCC(N)=O)C1CCC1. The van der Waals surface area contributed by atoms with Gasteiger partial charge in [0.05, 0.1) is 12.6 Å². The topological polar surface area (TPSA) is 154 Å². The number of amides is 4. The third-order valence-corrected chi connectivity index (χ3v) is 8.75. The standard InChI is InChI=1S/C27H47N5O5/c1-16(2)21(29-15-20(34)30-24(3,4)5)22(35)32-14-12-18-25(6,7)27(18,32)23(36)31-26(37,13-11-19(28)33)17-9-8-10-17/h16-18,21,29,37H,8-15H2,1-7H3,(H2,28,33)(H,30,34)(H,31,36)/t18-,21-,26?,27-/m0/s1. The average Bonchev–Trinajstić information content (AvgIpc) is 3.01. The third kappa shape index (κ3) is 5.50. The Balaban J connectivity index is 1.81. The molecule has 6 N–H and O–H groups in total. The maximum Gasteiger partial charge on any atom is 0.249 e. The molecule has 0 bridgehead atoms. The van der Waals surface area contributed by atoms with Gasteiger partial charge >= 0.3 is 0 Å². The molecule has 4 atom stereocenters. The van der Waals surface area contributed by atoms with E-state index in [-0.39, 0.29) is 60.4 Å². The summed E-state index contributed by atoms with van der Waals surface area (Å²) in [5.74, 6) is -1.63. The van der Waals surface area contributed by atoms with Crippen LogP contribution in [0.1, 0.15) is 87.0 Å². The lowest BCUT2D eigenvalue weighted by atomic mass is 9.75. The van der Waals surface area contributed by atoms with Crippen molar-refractivity contribution in [1.29, 1.82) is 0 Å². The van der Waals surface area contributed by atoms with Crippen molar-refractivity contribution in [2.75, 3.05) is 13.1 Å². The molecule has 1 heterocycles. The summed E-state index contributed by atoms with van der Waals surface area (Å²) in [6, 6.07) is -0.647. The van der Waals surface area contributed by atoms with Gasteiger partial charge in [0.1, 0.15) is 11.3 Å². The summed E-state index contributed by atoms with van der Waals surface area (Å²) < 4.78 is 0. The highest BCUT2D eigenvalue weighted by Crippen LogP contribution is 2.70. The molecule has 2 saturated carbocycles. The molecular formula is C27H47N5O5. The molecule has 1 saturated heterocycles. The highest BCUT2D eigenvalue weighted by molar-refractivity contribution is 5.99. The fraction of sp³-hybridized carbons (Fsp3) is 0.852. The number of fused-ring (bicyclic) bond motifs is 1. The van der Waals surface area contributed by atoms with E-state index in [1.807, 2.05) is 48.5 Å². The first-order valence-corrected chi connectivity index (χ1v) is 13.7. The van der Waals surface area contributed by atoms with Crippen molar-refractivity contribution >= 4 is 23.6 Å². The molecule has 4 amide bonds. The lowest BCUT2D eigenvalue weighted by Gasteiger charge is -2.44. The number of piperidine rings is 1. The number of hydrogen-bond acceptors (Lipinski definition) is 6. The van der Waals surface area contributed by atoms with Gasteiger partial charge in [-0.05, 0) is 46.0 Å². The minimum atomic E-state index is -1.54. The summed E-state index contributed by atoms with van der Waals surface area (Å²) in [4.78, 5) is 53.5. The minimum Gasteiger partial charge on any atom is -0.371 e. The van der Waals surface area contributed by atoms with Crippen molar-refractivity contribution in [3.05, 3.63) is 0 Å². The second kappa shape index (κ2) is 10.2. The van der Waals surface area contributed by atoms with Gasteiger partial charge in [0, 0.05) is 42.2 Å². The number of aliphatic hydroxyl groups is 1. The largest absolute Gasteiger partial charge is 0.371 e. The summed E-state index contributed by atoms with van der Waals surface area (Å²) in [5, 5.41) is 20.4. The first kappa shape index (κ1) is 29.4. The molecule has 3 rings (SSSR count). The Morgan fingerprint density at radius 1 is 1.08 bits per heavy atom. The molecule has 0 spiro atoms. The quantitative estimate of drug-likeness (QED) is 0.256. The van der Waals surface area contributed by atoms with E-state index < -0.39 is 28.6 Å². The Kier molecular flexibility index (Phi) is 8.07. The molecule has 10 heteroatoms. The van der Waals surface area contributed by atoms with E-state index in [1.54, 1.807) is 4.90 Å². The van der Waals surface area contributed by atoms with Crippen molar-refractivity contribution < 1.29 is 24.3 Å². The Morgan fingerprint density at radius 2 is 1.70 bits per heavy atom. The van der Waals surface area contributed by atoms with Crippen LogP contribution < -0.4 is 21.7 Å². The van der Waals surface area contributed by atoms with Crippen LogP contribution in [0.25, 0.3) is 0 Å². The van der Waals surface area contributed by atoms with E-state index in [0.29, 0.717) is 13.0 Å². The van der Waals surface area contributed by atoms with E-state index in [4.69, 9.17) is 5.73 Å².